The van der Waals surface area contributed by atoms with Gasteiger partial charge in [-0.1, -0.05) is 6.42 Å². The van der Waals surface area contributed by atoms with E-state index >= 15 is 0 Å². The molecule has 0 radical (unpaired) electrons. The lowest BCUT2D eigenvalue weighted by Gasteiger charge is -2.19. The summed E-state index contributed by atoms with van der Waals surface area (Å²) in [5.74, 6) is -8.50. The van der Waals surface area contributed by atoms with Crippen LogP contribution in [0.2, 0.25) is 0 Å². The summed E-state index contributed by atoms with van der Waals surface area (Å²) in [4.78, 5) is 11.8. The molecule has 1 aliphatic rings. The van der Waals surface area contributed by atoms with Gasteiger partial charge in [-0.05, 0) is 18.9 Å². The van der Waals surface area contributed by atoms with E-state index in [1.807, 2.05) is 0 Å². The maximum atomic E-state index is 13.5. The van der Waals surface area contributed by atoms with Crippen LogP contribution in [0.15, 0.2) is 6.07 Å². The van der Waals surface area contributed by atoms with Crippen molar-refractivity contribution >= 4 is 5.91 Å². The standard InChI is InChI=1S/C13H13F4NO2/c14-8-4-7(10(15)12(17)11(8)16)13(20)18-9-3-1-2-6(9)5-19/h4,6,9,19H,1-3,5H2,(H,18,20). The molecule has 0 aliphatic heterocycles. The molecule has 1 amide bonds. The molecule has 1 saturated carbocycles. The molecule has 2 atom stereocenters. The smallest absolute Gasteiger partial charge is 0.254 e. The van der Waals surface area contributed by atoms with Crippen molar-refractivity contribution < 1.29 is 27.5 Å². The van der Waals surface area contributed by atoms with Crippen molar-refractivity contribution in [2.24, 2.45) is 5.92 Å². The van der Waals surface area contributed by atoms with Crippen molar-refractivity contribution in [3.8, 4) is 0 Å². The molecule has 0 bridgehead atoms. The minimum Gasteiger partial charge on any atom is -0.396 e. The lowest BCUT2D eigenvalue weighted by molar-refractivity contribution is 0.0910. The van der Waals surface area contributed by atoms with Gasteiger partial charge in [0.15, 0.2) is 23.3 Å². The molecule has 0 aromatic heterocycles. The van der Waals surface area contributed by atoms with Crippen molar-refractivity contribution in [3.05, 3.63) is 34.9 Å². The molecule has 20 heavy (non-hydrogen) atoms. The van der Waals surface area contributed by atoms with Gasteiger partial charge in [-0.3, -0.25) is 4.79 Å². The lowest BCUT2D eigenvalue weighted by Crippen LogP contribution is -2.39. The summed E-state index contributed by atoms with van der Waals surface area (Å²) >= 11 is 0. The fraction of sp³-hybridized carbons (Fsp3) is 0.462. The van der Waals surface area contributed by atoms with E-state index in [9.17, 15) is 22.4 Å². The van der Waals surface area contributed by atoms with Crippen LogP contribution in [0.3, 0.4) is 0 Å². The highest BCUT2D eigenvalue weighted by Crippen LogP contribution is 2.26. The van der Waals surface area contributed by atoms with Crippen LogP contribution in [-0.2, 0) is 0 Å². The van der Waals surface area contributed by atoms with E-state index in [0.717, 1.165) is 6.42 Å². The van der Waals surface area contributed by atoms with E-state index in [-0.39, 0.29) is 18.6 Å². The Bertz CT molecular complexity index is 536. The molecule has 1 aliphatic carbocycles. The normalized spacial score (nSPS) is 22.1. The Kier molecular flexibility index (Phi) is 4.27. The zero-order valence-electron chi connectivity index (χ0n) is 10.4. The van der Waals surface area contributed by atoms with Gasteiger partial charge in [0, 0.05) is 18.6 Å². The van der Waals surface area contributed by atoms with Crippen molar-refractivity contribution in [1.29, 1.82) is 0 Å². The first-order valence-electron chi connectivity index (χ1n) is 6.20. The summed E-state index contributed by atoms with van der Waals surface area (Å²) in [6.07, 6.45) is 2.08. The fourth-order valence-electron chi connectivity index (χ4n) is 2.43. The first kappa shape index (κ1) is 14.8. The molecule has 2 unspecified atom stereocenters. The van der Waals surface area contributed by atoms with Crippen molar-refractivity contribution in [2.75, 3.05) is 6.61 Å². The van der Waals surface area contributed by atoms with Crippen LogP contribution in [0.5, 0.6) is 0 Å². The van der Waals surface area contributed by atoms with Gasteiger partial charge < -0.3 is 10.4 Å². The average molecular weight is 291 g/mol. The highest BCUT2D eigenvalue weighted by atomic mass is 19.2. The van der Waals surface area contributed by atoms with E-state index < -0.39 is 34.7 Å². The van der Waals surface area contributed by atoms with E-state index in [1.54, 1.807) is 0 Å². The predicted octanol–water partition coefficient (Wildman–Crippen LogP) is 2.13. The van der Waals surface area contributed by atoms with E-state index in [4.69, 9.17) is 5.11 Å². The third kappa shape index (κ3) is 2.63. The molecule has 110 valence electrons. The summed E-state index contributed by atoms with van der Waals surface area (Å²) in [6, 6.07) is -0.0607. The molecule has 1 fully saturated rings. The SMILES string of the molecule is O=C(NC1CCCC1CO)c1cc(F)c(F)c(F)c1F. The van der Waals surface area contributed by atoms with Gasteiger partial charge in [-0.25, -0.2) is 17.6 Å². The Labute approximate surface area is 112 Å². The van der Waals surface area contributed by atoms with Crippen LogP contribution < -0.4 is 5.32 Å². The molecular weight excluding hydrogens is 278 g/mol. The first-order chi connectivity index (χ1) is 9.45. The summed E-state index contributed by atoms with van der Waals surface area (Å²) in [5.41, 5.74) is -0.884. The van der Waals surface area contributed by atoms with Crippen LogP contribution in [0.25, 0.3) is 0 Å². The van der Waals surface area contributed by atoms with Crippen molar-refractivity contribution in [1.82, 2.24) is 5.32 Å². The van der Waals surface area contributed by atoms with Gasteiger partial charge in [0.2, 0.25) is 0 Å². The molecule has 0 heterocycles. The number of rotatable bonds is 3. The number of aliphatic hydroxyl groups excluding tert-OH is 1. The Hall–Kier alpha value is -1.63. The molecule has 7 heteroatoms. The summed E-state index contributed by atoms with van der Waals surface area (Å²) in [7, 11) is 0. The van der Waals surface area contributed by atoms with Gasteiger partial charge in [0.1, 0.15) is 0 Å². The molecule has 2 rings (SSSR count). The zero-order chi connectivity index (χ0) is 14.9. The number of amides is 1. The maximum absolute atomic E-state index is 13.5. The molecule has 3 nitrogen and oxygen atoms in total. The predicted molar refractivity (Wildman–Crippen MR) is 62.0 cm³/mol. The second-order valence-corrected chi connectivity index (χ2v) is 4.80. The van der Waals surface area contributed by atoms with Crippen LogP contribution in [0.1, 0.15) is 29.6 Å². The van der Waals surface area contributed by atoms with Crippen molar-refractivity contribution in [2.45, 2.75) is 25.3 Å². The number of halogens is 4. The second kappa shape index (κ2) is 5.78. The molecule has 0 spiro atoms. The van der Waals surface area contributed by atoms with Gasteiger partial charge in [0.05, 0.1) is 5.56 Å². The average Bonchev–Trinajstić information content (AvgIpc) is 2.87. The van der Waals surface area contributed by atoms with Crippen molar-refractivity contribution in [3.63, 3.8) is 0 Å². The number of aliphatic hydroxyl groups is 1. The third-order valence-electron chi connectivity index (χ3n) is 3.56. The minimum absolute atomic E-state index is 0.139. The largest absolute Gasteiger partial charge is 0.396 e. The second-order valence-electron chi connectivity index (χ2n) is 4.80. The Morgan fingerprint density at radius 3 is 2.55 bits per heavy atom. The topological polar surface area (TPSA) is 49.3 Å². The highest BCUT2D eigenvalue weighted by molar-refractivity contribution is 5.94. The Morgan fingerprint density at radius 2 is 1.90 bits per heavy atom. The molecule has 2 N–H and O–H groups in total. The van der Waals surface area contributed by atoms with Crippen LogP contribution in [-0.4, -0.2) is 23.7 Å². The number of benzene rings is 1. The summed E-state index contributed by atoms with van der Waals surface area (Å²) in [5, 5.41) is 11.5. The number of hydrogen-bond acceptors (Lipinski definition) is 2. The lowest BCUT2D eigenvalue weighted by atomic mass is 10.0. The number of nitrogens with one attached hydrogen (secondary N) is 1. The number of carbonyl (C=O) groups excluding carboxylic acids is 1. The zero-order valence-corrected chi connectivity index (χ0v) is 10.4. The van der Waals surface area contributed by atoms with Crippen LogP contribution in [0, 0.1) is 29.2 Å². The molecule has 1 aromatic rings. The Morgan fingerprint density at radius 1 is 1.20 bits per heavy atom. The van der Waals surface area contributed by atoms with Crippen LogP contribution >= 0.6 is 0 Å². The van der Waals surface area contributed by atoms with Gasteiger partial charge in [-0.2, -0.15) is 0 Å². The summed E-state index contributed by atoms with van der Waals surface area (Å²) in [6.45, 7) is -0.139. The Balaban J connectivity index is 2.22. The third-order valence-corrected chi connectivity index (χ3v) is 3.56. The van der Waals surface area contributed by atoms with Gasteiger partial charge in [-0.15, -0.1) is 0 Å². The van der Waals surface area contributed by atoms with Crippen LogP contribution in [0.4, 0.5) is 17.6 Å². The monoisotopic (exact) mass is 291 g/mol. The molecule has 0 saturated heterocycles. The molecule has 1 aromatic carbocycles. The van der Waals surface area contributed by atoms with Gasteiger partial charge >= 0.3 is 0 Å². The number of hydrogen-bond donors (Lipinski definition) is 2. The highest BCUT2D eigenvalue weighted by Gasteiger charge is 2.30. The number of carbonyl (C=O) groups is 1. The van der Waals surface area contributed by atoms with E-state index in [0.29, 0.717) is 18.9 Å². The van der Waals surface area contributed by atoms with E-state index in [1.165, 1.54) is 0 Å². The van der Waals surface area contributed by atoms with E-state index in [2.05, 4.69) is 5.32 Å². The maximum Gasteiger partial charge on any atom is 0.254 e. The minimum atomic E-state index is -2.01. The summed E-state index contributed by atoms with van der Waals surface area (Å²) < 4.78 is 52.3. The van der Waals surface area contributed by atoms with Gasteiger partial charge in [0.25, 0.3) is 5.91 Å². The first-order valence-corrected chi connectivity index (χ1v) is 6.20. The fourth-order valence-corrected chi connectivity index (χ4v) is 2.43. The molecular formula is C13H13F4NO2. The quantitative estimate of drug-likeness (QED) is 0.509.